The summed E-state index contributed by atoms with van der Waals surface area (Å²) in [5.74, 6) is -1.96. The van der Waals surface area contributed by atoms with Crippen LogP contribution >= 0.6 is 0 Å². The number of rotatable bonds is 2. The van der Waals surface area contributed by atoms with Gasteiger partial charge in [0.2, 0.25) is 0 Å². The van der Waals surface area contributed by atoms with E-state index in [1.54, 1.807) is 19.9 Å². The molecule has 0 unspecified atom stereocenters. The number of anilines is 1. The van der Waals surface area contributed by atoms with E-state index in [1.165, 1.54) is 17.0 Å². The van der Waals surface area contributed by atoms with Gasteiger partial charge in [-0.1, -0.05) is 13.0 Å². The van der Waals surface area contributed by atoms with E-state index in [0.717, 1.165) is 5.56 Å². The van der Waals surface area contributed by atoms with Gasteiger partial charge in [-0.2, -0.15) is 0 Å². The number of likely N-dealkylation sites (tertiary alicyclic amines) is 1. The molecule has 0 saturated carbocycles. The number of carboxylic acid groups (broad SMARTS) is 1. The Labute approximate surface area is 116 Å². The van der Waals surface area contributed by atoms with Crippen LogP contribution in [0.2, 0.25) is 0 Å². The lowest BCUT2D eigenvalue weighted by Gasteiger charge is -2.18. The largest absolute Gasteiger partial charge is 0.481 e. The zero-order valence-electron chi connectivity index (χ0n) is 11.4. The molecule has 0 radical (unpaired) electrons. The highest BCUT2D eigenvalue weighted by Crippen LogP contribution is 2.24. The van der Waals surface area contributed by atoms with E-state index in [9.17, 15) is 14.0 Å². The van der Waals surface area contributed by atoms with Crippen LogP contribution in [0.15, 0.2) is 18.2 Å². The zero-order chi connectivity index (χ0) is 14.9. The third kappa shape index (κ3) is 2.89. The van der Waals surface area contributed by atoms with Gasteiger partial charge in [0.15, 0.2) is 0 Å². The number of halogens is 1. The summed E-state index contributed by atoms with van der Waals surface area (Å²) in [7, 11) is 0. The number of urea groups is 1. The Hall–Kier alpha value is -2.11. The molecule has 0 bridgehead atoms. The van der Waals surface area contributed by atoms with Gasteiger partial charge in [-0.05, 0) is 30.5 Å². The number of nitrogens with one attached hydrogen (secondary N) is 1. The summed E-state index contributed by atoms with van der Waals surface area (Å²) in [6.45, 7) is 4.13. The average molecular weight is 280 g/mol. The molecule has 2 atom stereocenters. The highest BCUT2D eigenvalue weighted by Gasteiger charge is 2.37. The maximum absolute atomic E-state index is 13.2. The number of hydrogen-bond acceptors (Lipinski definition) is 2. The quantitative estimate of drug-likeness (QED) is 0.873. The van der Waals surface area contributed by atoms with Gasteiger partial charge in [0.25, 0.3) is 0 Å². The molecule has 1 aliphatic rings. The number of nitrogens with zero attached hydrogens (tertiary/aromatic N) is 1. The van der Waals surface area contributed by atoms with E-state index in [4.69, 9.17) is 5.11 Å². The molecule has 1 aromatic rings. The molecule has 20 heavy (non-hydrogen) atoms. The number of carboxylic acids is 1. The molecule has 0 aromatic heterocycles. The van der Waals surface area contributed by atoms with Gasteiger partial charge in [0, 0.05) is 18.8 Å². The third-order valence-corrected chi connectivity index (χ3v) is 3.66. The Morgan fingerprint density at radius 2 is 2.10 bits per heavy atom. The van der Waals surface area contributed by atoms with Crippen LogP contribution in [0.1, 0.15) is 12.5 Å². The minimum atomic E-state index is -0.894. The number of aryl methyl sites for hydroxylation is 1. The molecule has 1 aliphatic heterocycles. The molecule has 108 valence electrons. The summed E-state index contributed by atoms with van der Waals surface area (Å²) in [6.07, 6.45) is 0. The predicted molar refractivity (Wildman–Crippen MR) is 72.0 cm³/mol. The van der Waals surface area contributed by atoms with E-state index in [2.05, 4.69) is 5.32 Å². The Morgan fingerprint density at radius 1 is 1.40 bits per heavy atom. The van der Waals surface area contributed by atoms with Gasteiger partial charge in [-0.25, -0.2) is 9.18 Å². The molecule has 1 saturated heterocycles. The fraction of sp³-hybridized carbons (Fsp3) is 0.429. The van der Waals surface area contributed by atoms with E-state index in [1.807, 2.05) is 0 Å². The maximum Gasteiger partial charge on any atom is 0.321 e. The van der Waals surface area contributed by atoms with Crippen molar-refractivity contribution in [2.45, 2.75) is 13.8 Å². The normalized spacial score (nSPS) is 21.9. The van der Waals surface area contributed by atoms with Gasteiger partial charge < -0.3 is 15.3 Å². The van der Waals surface area contributed by atoms with Crippen molar-refractivity contribution >= 4 is 17.7 Å². The van der Waals surface area contributed by atoms with Crippen molar-refractivity contribution in [2.75, 3.05) is 18.4 Å². The number of aliphatic carboxylic acids is 1. The maximum atomic E-state index is 13.2. The van der Waals surface area contributed by atoms with Gasteiger partial charge in [0.1, 0.15) is 5.82 Å². The molecule has 0 aliphatic carbocycles. The summed E-state index contributed by atoms with van der Waals surface area (Å²) < 4.78 is 13.2. The van der Waals surface area contributed by atoms with Crippen LogP contribution in [0.4, 0.5) is 14.9 Å². The van der Waals surface area contributed by atoms with Crippen LogP contribution in [0.3, 0.4) is 0 Å². The van der Waals surface area contributed by atoms with E-state index in [-0.39, 0.29) is 12.5 Å². The molecule has 1 aromatic carbocycles. The van der Waals surface area contributed by atoms with Gasteiger partial charge >= 0.3 is 12.0 Å². The monoisotopic (exact) mass is 280 g/mol. The molecule has 2 N–H and O–H groups in total. The van der Waals surface area contributed by atoms with E-state index in [0.29, 0.717) is 12.2 Å². The lowest BCUT2D eigenvalue weighted by Crippen LogP contribution is -2.34. The first-order chi connectivity index (χ1) is 9.38. The highest BCUT2D eigenvalue weighted by atomic mass is 19.1. The van der Waals surface area contributed by atoms with E-state index >= 15 is 0 Å². The van der Waals surface area contributed by atoms with Crippen LogP contribution in [0.25, 0.3) is 0 Å². The first-order valence-corrected chi connectivity index (χ1v) is 6.43. The molecular formula is C14H17FN2O3. The van der Waals surface area contributed by atoms with Crippen molar-refractivity contribution in [2.24, 2.45) is 11.8 Å². The van der Waals surface area contributed by atoms with Crippen molar-refractivity contribution < 1.29 is 19.1 Å². The topological polar surface area (TPSA) is 69.6 Å². The Balaban J connectivity index is 2.06. The summed E-state index contributed by atoms with van der Waals surface area (Å²) in [6, 6.07) is 3.76. The second-order valence-electron chi connectivity index (χ2n) is 5.22. The number of carbonyl (C=O) groups excluding carboxylic acids is 1. The van der Waals surface area contributed by atoms with Crippen molar-refractivity contribution in [1.29, 1.82) is 0 Å². The molecular weight excluding hydrogens is 263 g/mol. The van der Waals surface area contributed by atoms with Crippen LogP contribution in [-0.2, 0) is 4.79 Å². The Kier molecular flexibility index (Phi) is 3.92. The Bertz CT molecular complexity index is 547. The molecule has 1 heterocycles. The molecule has 5 nitrogen and oxygen atoms in total. The van der Waals surface area contributed by atoms with Crippen molar-refractivity contribution in [3.05, 3.63) is 29.6 Å². The van der Waals surface area contributed by atoms with Crippen LogP contribution in [0.5, 0.6) is 0 Å². The second kappa shape index (κ2) is 5.48. The fourth-order valence-electron chi connectivity index (χ4n) is 2.38. The predicted octanol–water partition coefficient (Wildman–Crippen LogP) is 2.32. The summed E-state index contributed by atoms with van der Waals surface area (Å²) in [5.41, 5.74) is 1.16. The Morgan fingerprint density at radius 3 is 2.70 bits per heavy atom. The molecule has 2 rings (SSSR count). The zero-order valence-corrected chi connectivity index (χ0v) is 11.4. The number of amides is 2. The molecule has 1 fully saturated rings. The summed E-state index contributed by atoms with van der Waals surface area (Å²) in [5, 5.41) is 11.7. The standard InChI is InChI=1S/C14H17FN2O3/c1-8-3-4-10(15)5-12(8)16-14(20)17-6-9(2)11(7-17)13(18)19/h3-5,9,11H,6-7H2,1-2H3,(H,16,20)(H,18,19)/t9-,11-/m1/s1. The van der Waals surface area contributed by atoms with Gasteiger partial charge in [0.05, 0.1) is 5.92 Å². The molecule has 2 amide bonds. The third-order valence-electron chi connectivity index (χ3n) is 3.66. The smallest absolute Gasteiger partial charge is 0.321 e. The van der Waals surface area contributed by atoms with Crippen LogP contribution in [-0.4, -0.2) is 35.1 Å². The first-order valence-electron chi connectivity index (χ1n) is 6.43. The van der Waals surface area contributed by atoms with Crippen molar-refractivity contribution in [3.8, 4) is 0 Å². The van der Waals surface area contributed by atoms with Crippen LogP contribution in [0, 0.1) is 24.6 Å². The highest BCUT2D eigenvalue weighted by molar-refractivity contribution is 5.90. The molecule has 6 heteroatoms. The second-order valence-corrected chi connectivity index (χ2v) is 5.22. The summed E-state index contributed by atoms with van der Waals surface area (Å²) in [4.78, 5) is 24.6. The van der Waals surface area contributed by atoms with Gasteiger partial charge in [-0.3, -0.25) is 4.79 Å². The minimum Gasteiger partial charge on any atom is -0.481 e. The average Bonchev–Trinajstić information content (AvgIpc) is 2.76. The SMILES string of the molecule is Cc1ccc(F)cc1NC(=O)N1C[C@@H](C)[C@H](C(=O)O)C1. The first kappa shape index (κ1) is 14.3. The van der Waals surface area contributed by atoms with Crippen molar-refractivity contribution in [1.82, 2.24) is 4.90 Å². The minimum absolute atomic E-state index is 0.0909. The lowest BCUT2D eigenvalue weighted by molar-refractivity contribution is -0.142. The summed E-state index contributed by atoms with van der Waals surface area (Å²) >= 11 is 0. The molecule has 0 spiro atoms. The van der Waals surface area contributed by atoms with Crippen LogP contribution < -0.4 is 5.32 Å². The fourth-order valence-corrected chi connectivity index (χ4v) is 2.38. The number of benzene rings is 1. The van der Waals surface area contributed by atoms with Gasteiger partial charge in [-0.15, -0.1) is 0 Å². The number of carbonyl (C=O) groups is 2. The lowest BCUT2D eigenvalue weighted by atomic mass is 9.99. The number of hydrogen-bond donors (Lipinski definition) is 2. The van der Waals surface area contributed by atoms with Crippen molar-refractivity contribution in [3.63, 3.8) is 0 Å². The van der Waals surface area contributed by atoms with E-state index < -0.39 is 23.7 Å².